The summed E-state index contributed by atoms with van der Waals surface area (Å²) in [7, 11) is 0. The fourth-order valence-corrected chi connectivity index (χ4v) is 2.44. The fourth-order valence-electron chi connectivity index (χ4n) is 2.13. The number of hydrogen-bond acceptors (Lipinski definition) is 4. The fraction of sp³-hybridized carbons (Fsp3) is 0.333. The van der Waals surface area contributed by atoms with Crippen molar-refractivity contribution in [3.8, 4) is 11.5 Å². The van der Waals surface area contributed by atoms with Crippen molar-refractivity contribution in [3.63, 3.8) is 0 Å². The van der Waals surface area contributed by atoms with Crippen LogP contribution in [0.3, 0.4) is 0 Å². The van der Waals surface area contributed by atoms with Crippen LogP contribution in [-0.2, 0) is 9.59 Å². The minimum atomic E-state index is -0.875. The van der Waals surface area contributed by atoms with E-state index >= 15 is 0 Å². The molecular weight excluding hydrogens is 258 g/mol. The molecule has 0 bridgehead atoms. The van der Waals surface area contributed by atoms with Crippen LogP contribution in [-0.4, -0.2) is 30.4 Å². The Kier molecular flexibility index (Phi) is 2.63. The number of benzene rings is 1. The third-order valence-electron chi connectivity index (χ3n) is 3.00. The average Bonchev–Trinajstić information content (AvgIpc) is 2.63. The van der Waals surface area contributed by atoms with E-state index in [4.69, 9.17) is 21.1 Å². The van der Waals surface area contributed by atoms with Gasteiger partial charge in [0, 0.05) is 0 Å². The number of alkyl halides is 1. The number of imide groups is 1. The van der Waals surface area contributed by atoms with Gasteiger partial charge in [-0.25, -0.2) is 0 Å². The van der Waals surface area contributed by atoms with Crippen molar-refractivity contribution in [3.05, 3.63) is 23.8 Å². The highest BCUT2D eigenvalue weighted by Crippen LogP contribution is 2.36. The number of hydrogen-bond donors (Lipinski definition) is 1. The summed E-state index contributed by atoms with van der Waals surface area (Å²) in [5.74, 6) is -0.288. The van der Waals surface area contributed by atoms with Crippen molar-refractivity contribution in [1.82, 2.24) is 5.32 Å². The van der Waals surface area contributed by atoms with Gasteiger partial charge in [-0.3, -0.25) is 14.9 Å². The van der Waals surface area contributed by atoms with Gasteiger partial charge in [0.25, 0.3) is 0 Å². The molecule has 2 amide bonds. The Hall–Kier alpha value is -1.75. The van der Waals surface area contributed by atoms with Gasteiger partial charge in [0.1, 0.15) is 18.6 Å². The van der Waals surface area contributed by atoms with Crippen LogP contribution >= 0.6 is 11.6 Å². The van der Waals surface area contributed by atoms with Gasteiger partial charge < -0.3 is 9.47 Å². The zero-order chi connectivity index (χ0) is 12.7. The lowest BCUT2D eigenvalue weighted by Crippen LogP contribution is -2.22. The monoisotopic (exact) mass is 267 g/mol. The van der Waals surface area contributed by atoms with Crippen LogP contribution in [0.1, 0.15) is 11.5 Å². The van der Waals surface area contributed by atoms with Crippen LogP contribution in [0.2, 0.25) is 0 Å². The molecule has 1 fully saturated rings. The second-order valence-corrected chi connectivity index (χ2v) is 4.61. The average molecular weight is 268 g/mol. The predicted octanol–water partition coefficient (Wildman–Crippen LogP) is 0.805. The van der Waals surface area contributed by atoms with E-state index in [-0.39, 0.29) is 5.91 Å². The third-order valence-corrected chi connectivity index (χ3v) is 3.45. The zero-order valence-electron chi connectivity index (χ0n) is 9.31. The first-order valence-corrected chi connectivity index (χ1v) is 5.99. The molecule has 1 aromatic carbocycles. The molecule has 6 heteroatoms. The molecule has 1 N–H and O–H groups in total. The van der Waals surface area contributed by atoms with E-state index in [2.05, 4.69) is 5.32 Å². The summed E-state index contributed by atoms with van der Waals surface area (Å²) < 4.78 is 10.8. The molecule has 0 aromatic heterocycles. The van der Waals surface area contributed by atoms with E-state index < -0.39 is 17.2 Å². The van der Waals surface area contributed by atoms with Crippen LogP contribution in [0.15, 0.2) is 18.2 Å². The molecule has 1 saturated heterocycles. The SMILES string of the molecule is O=C1NC(=O)C(c2ccc3c(c2)OCCO3)C1Cl. The normalized spacial score (nSPS) is 26.1. The lowest BCUT2D eigenvalue weighted by molar-refractivity contribution is -0.125. The largest absolute Gasteiger partial charge is 0.486 e. The Balaban J connectivity index is 1.97. The molecule has 94 valence electrons. The van der Waals surface area contributed by atoms with E-state index in [0.29, 0.717) is 30.3 Å². The van der Waals surface area contributed by atoms with Crippen molar-refractivity contribution >= 4 is 23.4 Å². The number of rotatable bonds is 1. The van der Waals surface area contributed by atoms with E-state index in [9.17, 15) is 9.59 Å². The molecule has 0 spiro atoms. The van der Waals surface area contributed by atoms with Crippen LogP contribution in [0.4, 0.5) is 0 Å². The second kappa shape index (κ2) is 4.17. The maximum Gasteiger partial charge on any atom is 0.245 e. The van der Waals surface area contributed by atoms with Gasteiger partial charge in [0.15, 0.2) is 11.5 Å². The topological polar surface area (TPSA) is 64.6 Å². The second-order valence-electron chi connectivity index (χ2n) is 4.14. The van der Waals surface area contributed by atoms with Crippen LogP contribution in [0.25, 0.3) is 0 Å². The molecule has 3 rings (SSSR count). The van der Waals surface area contributed by atoms with Gasteiger partial charge in [0.2, 0.25) is 11.8 Å². The van der Waals surface area contributed by atoms with E-state index in [1.54, 1.807) is 18.2 Å². The molecule has 2 atom stereocenters. The standard InChI is InChI=1S/C12H10ClNO4/c13-10-9(11(15)14-12(10)16)6-1-2-7-8(5-6)18-4-3-17-7/h1-2,5,9-10H,3-4H2,(H,14,15,16). The molecular formula is C12H10ClNO4. The number of ether oxygens (including phenoxy) is 2. The molecule has 2 unspecified atom stereocenters. The van der Waals surface area contributed by atoms with Crippen molar-refractivity contribution in [1.29, 1.82) is 0 Å². The van der Waals surface area contributed by atoms with Gasteiger partial charge in [0.05, 0.1) is 5.92 Å². The van der Waals surface area contributed by atoms with Crippen LogP contribution in [0, 0.1) is 0 Å². The maximum atomic E-state index is 11.7. The zero-order valence-corrected chi connectivity index (χ0v) is 10.1. The summed E-state index contributed by atoms with van der Waals surface area (Å²) in [6.45, 7) is 0.976. The minimum absolute atomic E-state index is 0.378. The maximum absolute atomic E-state index is 11.7. The Bertz CT molecular complexity index is 531. The number of amides is 2. The van der Waals surface area contributed by atoms with Gasteiger partial charge in [-0.1, -0.05) is 6.07 Å². The molecule has 2 aliphatic rings. The Morgan fingerprint density at radius 1 is 1.11 bits per heavy atom. The van der Waals surface area contributed by atoms with Gasteiger partial charge in [-0.05, 0) is 17.7 Å². The van der Waals surface area contributed by atoms with Gasteiger partial charge >= 0.3 is 0 Å². The molecule has 18 heavy (non-hydrogen) atoms. The number of carbonyl (C=O) groups excluding carboxylic acids is 2. The summed E-state index contributed by atoms with van der Waals surface area (Å²) in [4.78, 5) is 23.0. The first-order valence-electron chi connectivity index (χ1n) is 5.55. The van der Waals surface area contributed by atoms with Crippen LogP contribution in [0.5, 0.6) is 11.5 Å². The number of fused-ring (bicyclic) bond motifs is 1. The summed E-state index contributed by atoms with van der Waals surface area (Å²) in [5, 5.41) is 1.34. The molecule has 0 aliphatic carbocycles. The molecule has 0 saturated carbocycles. The Labute approximate surface area is 108 Å². The lowest BCUT2D eigenvalue weighted by Gasteiger charge is -2.20. The van der Waals surface area contributed by atoms with E-state index in [1.807, 2.05) is 0 Å². The van der Waals surface area contributed by atoms with Crippen molar-refractivity contribution < 1.29 is 19.1 Å². The number of halogens is 1. The quantitative estimate of drug-likeness (QED) is 0.604. The smallest absolute Gasteiger partial charge is 0.245 e. The van der Waals surface area contributed by atoms with Crippen molar-refractivity contribution in [2.45, 2.75) is 11.3 Å². The predicted molar refractivity (Wildman–Crippen MR) is 63.0 cm³/mol. The summed E-state index contributed by atoms with van der Waals surface area (Å²) in [5.41, 5.74) is 0.655. The summed E-state index contributed by atoms with van der Waals surface area (Å²) >= 11 is 5.94. The molecule has 5 nitrogen and oxygen atoms in total. The molecule has 1 aromatic rings. The first kappa shape index (κ1) is 11.3. The van der Waals surface area contributed by atoms with Crippen LogP contribution < -0.4 is 14.8 Å². The minimum Gasteiger partial charge on any atom is -0.486 e. The molecule has 2 heterocycles. The van der Waals surface area contributed by atoms with Crippen molar-refractivity contribution in [2.75, 3.05) is 13.2 Å². The van der Waals surface area contributed by atoms with Gasteiger partial charge in [-0.2, -0.15) is 0 Å². The van der Waals surface area contributed by atoms with Gasteiger partial charge in [-0.15, -0.1) is 11.6 Å². The highest BCUT2D eigenvalue weighted by atomic mass is 35.5. The highest BCUT2D eigenvalue weighted by molar-refractivity contribution is 6.37. The first-order chi connectivity index (χ1) is 8.66. The van der Waals surface area contributed by atoms with E-state index in [0.717, 1.165) is 0 Å². The Morgan fingerprint density at radius 3 is 2.50 bits per heavy atom. The van der Waals surface area contributed by atoms with Crippen molar-refractivity contribution in [2.24, 2.45) is 0 Å². The highest BCUT2D eigenvalue weighted by Gasteiger charge is 2.41. The molecule has 2 aliphatic heterocycles. The summed E-state index contributed by atoms with van der Waals surface area (Å²) in [6, 6.07) is 5.15. The molecule has 0 radical (unpaired) electrons. The Morgan fingerprint density at radius 2 is 1.83 bits per heavy atom. The summed E-state index contributed by atoms with van der Waals surface area (Å²) in [6.07, 6.45) is 0. The lowest BCUT2D eigenvalue weighted by atomic mass is 9.96. The number of carbonyl (C=O) groups is 2. The third kappa shape index (κ3) is 1.71. The van der Waals surface area contributed by atoms with E-state index in [1.165, 1.54) is 0 Å². The number of nitrogens with one attached hydrogen (secondary N) is 1.